The van der Waals surface area contributed by atoms with Crippen molar-refractivity contribution in [2.75, 3.05) is 7.05 Å². The molecule has 0 heterocycles. The maximum Gasteiger partial charge on any atom is 0.128 e. The summed E-state index contributed by atoms with van der Waals surface area (Å²) in [5.74, 6) is -0.175. The lowest BCUT2D eigenvalue weighted by atomic mass is 10.1. The van der Waals surface area contributed by atoms with Crippen LogP contribution in [-0.2, 0) is 26.1 Å². The van der Waals surface area contributed by atoms with Crippen molar-refractivity contribution in [2.24, 2.45) is 5.73 Å². The molecule has 2 aromatic rings. The average molecular weight is 286 g/mol. The lowest BCUT2D eigenvalue weighted by molar-refractivity contribution is 0.313. The highest BCUT2D eigenvalue weighted by Crippen LogP contribution is 2.14. The minimum Gasteiger partial charge on any atom is -0.326 e. The molecule has 2 aromatic carbocycles. The summed E-state index contributed by atoms with van der Waals surface area (Å²) in [7, 11) is 2.00. The molecule has 2 rings (SSSR count). The van der Waals surface area contributed by atoms with Crippen molar-refractivity contribution in [3.63, 3.8) is 0 Å². The summed E-state index contributed by atoms with van der Waals surface area (Å²) in [4.78, 5) is 2.11. The van der Waals surface area contributed by atoms with Gasteiger partial charge in [-0.05, 0) is 36.2 Å². The van der Waals surface area contributed by atoms with Gasteiger partial charge in [0, 0.05) is 25.2 Å². The highest BCUT2D eigenvalue weighted by molar-refractivity contribution is 5.25. The monoisotopic (exact) mass is 286 g/mol. The molecule has 0 amide bonds. The van der Waals surface area contributed by atoms with Crippen LogP contribution in [0.3, 0.4) is 0 Å². The smallest absolute Gasteiger partial charge is 0.128 e. The second kappa shape index (κ2) is 7.34. The highest BCUT2D eigenvalue weighted by atomic mass is 19.1. The van der Waals surface area contributed by atoms with Gasteiger partial charge in [0.05, 0.1) is 0 Å². The Morgan fingerprint density at radius 2 is 1.57 bits per heavy atom. The first-order valence-electron chi connectivity index (χ1n) is 7.36. The predicted molar refractivity (Wildman–Crippen MR) is 85.3 cm³/mol. The Bertz CT molecular complexity index is 578. The summed E-state index contributed by atoms with van der Waals surface area (Å²) < 4.78 is 14.0. The molecule has 2 N–H and O–H groups in total. The van der Waals surface area contributed by atoms with Crippen LogP contribution < -0.4 is 5.73 Å². The summed E-state index contributed by atoms with van der Waals surface area (Å²) >= 11 is 0. The van der Waals surface area contributed by atoms with Gasteiger partial charge in [-0.1, -0.05) is 43.3 Å². The molecule has 0 fully saturated rings. The van der Waals surface area contributed by atoms with Crippen molar-refractivity contribution >= 4 is 0 Å². The third kappa shape index (κ3) is 4.38. The third-order valence-corrected chi connectivity index (χ3v) is 3.68. The Balaban J connectivity index is 1.98. The number of aryl methyl sites for hydroxylation is 1. The van der Waals surface area contributed by atoms with Crippen LogP contribution in [0.15, 0.2) is 42.5 Å². The SMILES string of the molecule is CCc1ccc(CN(C)Cc2ccc(CN)cc2F)cc1. The molecule has 0 saturated heterocycles. The summed E-state index contributed by atoms with van der Waals surface area (Å²) in [6, 6.07) is 13.8. The van der Waals surface area contributed by atoms with E-state index < -0.39 is 0 Å². The average Bonchev–Trinajstić information content (AvgIpc) is 2.50. The molecule has 21 heavy (non-hydrogen) atoms. The molecule has 0 aliphatic carbocycles. The molecule has 0 radical (unpaired) electrons. The fraction of sp³-hybridized carbons (Fsp3) is 0.333. The highest BCUT2D eigenvalue weighted by Gasteiger charge is 2.07. The molecule has 0 bridgehead atoms. The number of rotatable bonds is 6. The van der Waals surface area contributed by atoms with E-state index in [4.69, 9.17) is 5.73 Å². The van der Waals surface area contributed by atoms with Gasteiger partial charge in [-0.15, -0.1) is 0 Å². The molecular formula is C18H23FN2. The van der Waals surface area contributed by atoms with Gasteiger partial charge >= 0.3 is 0 Å². The van der Waals surface area contributed by atoms with Crippen LogP contribution in [0.5, 0.6) is 0 Å². The van der Waals surface area contributed by atoms with Gasteiger partial charge in [-0.3, -0.25) is 4.90 Å². The number of benzene rings is 2. The standard InChI is InChI=1S/C18H23FN2/c1-3-14-4-6-15(7-5-14)12-21(2)13-17-9-8-16(11-20)10-18(17)19/h4-10H,3,11-13,20H2,1-2H3. The van der Waals surface area contributed by atoms with E-state index in [1.807, 2.05) is 19.2 Å². The minimum atomic E-state index is -0.175. The van der Waals surface area contributed by atoms with Gasteiger partial charge in [-0.25, -0.2) is 4.39 Å². The summed E-state index contributed by atoms with van der Waals surface area (Å²) in [6.07, 6.45) is 1.05. The fourth-order valence-corrected chi connectivity index (χ4v) is 2.38. The summed E-state index contributed by atoms with van der Waals surface area (Å²) in [5.41, 5.74) is 9.64. The van der Waals surface area contributed by atoms with Crippen LogP contribution in [0, 0.1) is 5.82 Å². The van der Waals surface area contributed by atoms with E-state index in [1.165, 1.54) is 17.2 Å². The van der Waals surface area contributed by atoms with Crippen LogP contribution in [0.2, 0.25) is 0 Å². The molecule has 0 saturated carbocycles. The zero-order chi connectivity index (χ0) is 15.2. The number of hydrogen-bond acceptors (Lipinski definition) is 2. The maximum absolute atomic E-state index is 14.0. The topological polar surface area (TPSA) is 29.3 Å². The summed E-state index contributed by atoms with van der Waals surface area (Å²) in [6.45, 7) is 3.92. The van der Waals surface area contributed by atoms with Gasteiger partial charge in [-0.2, -0.15) is 0 Å². The van der Waals surface area contributed by atoms with Crippen molar-refractivity contribution in [2.45, 2.75) is 33.0 Å². The molecule has 0 atom stereocenters. The van der Waals surface area contributed by atoms with Crippen molar-refractivity contribution < 1.29 is 4.39 Å². The van der Waals surface area contributed by atoms with Crippen LogP contribution >= 0.6 is 0 Å². The van der Waals surface area contributed by atoms with E-state index in [0.717, 1.165) is 18.5 Å². The Labute approximate surface area is 126 Å². The van der Waals surface area contributed by atoms with Crippen LogP contribution in [-0.4, -0.2) is 11.9 Å². The molecular weight excluding hydrogens is 263 g/mol. The number of nitrogens with two attached hydrogens (primary N) is 1. The fourth-order valence-electron chi connectivity index (χ4n) is 2.38. The second-order valence-electron chi connectivity index (χ2n) is 5.47. The van der Waals surface area contributed by atoms with Crippen LogP contribution in [0.25, 0.3) is 0 Å². The molecule has 0 spiro atoms. The minimum absolute atomic E-state index is 0.175. The molecule has 0 unspecified atom stereocenters. The molecule has 3 heteroatoms. The predicted octanol–water partition coefficient (Wildman–Crippen LogP) is 3.48. The van der Waals surface area contributed by atoms with Gasteiger partial charge in [0.15, 0.2) is 0 Å². The number of halogens is 1. The van der Waals surface area contributed by atoms with Crippen molar-refractivity contribution in [3.8, 4) is 0 Å². The Morgan fingerprint density at radius 3 is 2.14 bits per heavy atom. The van der Waals surface area contributed by atoms with E-state index in [9.17, 15) is 4.39 Å². The van der Waals surface area contributed by atoms with Crippen molar-refractivity contribution in [3.05, 3.63) is 70.5 Å². The van der Waals surface area contributed by atoms with Crippen LogP contribution in [0.1, 0.15) is 29.2 Å². The molecule has 0 aromatic heterocycles. The van der Waals surface area contributed by atoms with E-state index in [2.05, 4.69) is 36.1 Å². The van der Waals surface area contributed by atoms with Gasteiger partial charge in [0.2, 0.25) is 0 Å². The normalized spacial score (nSPS) is 11.1. The first-order chi connectivity index (χ1) is 10.1. The second-order valence-corrected chi connectivity index (χ2v) is 5.47. The number of nitrogens with zero attached hydrogens (tertiary/aromatic N) is 1. The zero-order valence-corrected chi connectivity index (χ0v) is 12.8. The zero-order valence-electron chi connectivity index (χ0n) is 12.8. The van der Waals surface area contributed by atoms with Crippen molar-refractivity contribution in [1.82, 2.24) is 4.90 Å². The molecule has 2 nitrogen and oxygen atoms in total. The van der Waals surface area contributed by atoms with Gasteiger partial charge in [0.25, 0.3) is 0 Å². The van der Waals surface area contributed by atoms with Crippen LogP contribution in [0.4, 0.5) is 4.39 Å². The Hall–Kier alpha value is -1.71. The molecule has 0 aliphatic rings. The van der Waals surface area contributed by atoms with E-state index in [1.54, 1.807) is 0 Å². The lowest BCUT2D eigenvalue weighted by Gasteiger charge is -2.17. The Morgan fingerprint density at radius 1 is 0.952 bits per heavy atom. The first-order valence-corrected chi connectivity index (χ1v) is 7.36. The maximum atomic E-state index is 14.0. The lowest BCUT2D eigenvalue weighted by Crippen LogP contribution is -2.18. The van der Waals surface area contributed by atoms with E-state index in [0.29, 0.717) is 18.7 Å². The van der Waals surface area contributed by atoms with E-state index >= 15 is 0 Å². The first kappa shape index (κ1) is 15.7. The quantitative estimate of drug-likeness (QED) is 0.881. The Kier molecular flexibility index (Phi) is 5.48. The third-order valence-electron chi connectivity index (χ3n) is 3.68. The molecule has 0 aliphatic heterocycles. The summed E-state index contributed by atoms with van der Waals surface area (Å²) in [5, 5.41) is 0. The van der Waals surface area contributed by atoms with Gasteiger partial charge < -0.3 is 5.73 Å². The van der Waals surface area contributed by atoms with Crippen molar-refractivity contribution in [1.29, 1.82) is 0 Å². The van der Waals surface area contributed by atoms with E-state index in [-0.39, 0.29) is 5.82 Å². The van der Waals surface area contributed by atoms with Gasteiger partial charge in [0.1, 0.15) is 5.82 Å². The largest absolute Gasteiger partial charge is 0.326 e. The number of hydrogen-bond donors (Lipinski definition) is 1. The molecule has 112 valence electrons.